The third-order valence-corrected chi connectivity index (χ3v) is 3.87. The van der Waals surface area contributed by atoms with Crippen LogP contribution in [0.15, 0.2) is 17.2 Å². The number of hydrogen-bond acceptors (Lipinski definition) is 7. The lowest BCUT2D eigenvalue weighted by atomic mass is 10.4. The van der Waals surface area contributed by atoms with Crippen LogP contribution in [-0.4, -0.2) is 37.6 Å². The zero-order valence-corrected chi connectivity index (χ0v) is 12.6. The van der Waals surface area contributed by atoms with Gasteiger partial charge in [0.25, 0.3) is 0 Å². The quantitative estimate of drug-likeness (QED) is 0.408. The molecule has 10 heteroatoms. The molecule has 1 heterocycles. The summed E-state index contributed by atoms with van der Waals surface area (Å²) in [6.07, 6.45) is 1.54. The minimum Gasteiger partial charge on any atom is -0.379 e. The lowest BCUT2D eigenvalue weighted by Gasteiger charge is -2.09. The second-order valence-electron chi connectivity index (χ2n) is 4.50. The minimum atomic E-state index is -3.86. The van der Waals surface area contributed by atoms with Gasteiger partial charge in [0, 0.05) is 25.4 Å². The van der Waals surface area contributed by atoms with Crippen LogP contribution >= 0.6 is 0 Å². The molecule has 0 spiro atoms. The first-order valence-electron chi connectivity index (χ1n) is 6.25. The van der Waals surface area contributed by atoms with E-state index in [4.69, 9.17) is 10.5 Å². The normalized spacial score (nSPS) is 11.8. The predicted octanol–water partition coefficient (Wildman–Crippen LogP) is 0.665. The van der Waals surface area contributed by atoms with Gasteiger partial charge in [0.1, 0.15) is 4.90 Å². The van der Waals surface area contributed by atoms with Gasteiger partial charge in [0.05, 0.1) is 11.0 Å². The Hall–Kier alpha value is -1.78. The van der Waals surface area contributed by atoms with Crippen molar-refractivity contribution in [3.63, 3.8) is 0 Å². The van der Waals surface area contributed by atoms with Crippen molar-refractivity contribution >= 4 is 21.5 Å². The van der Waals surface area contributed by atoms with Crippen LogP contribution in [0.1, 0.15) is 20.3 Å². The lowest BCUT2D eigenvalue weighted by Crippen LogP contribution is -2.26. The number of nitrogen functional groups attached to an aromatic ring is 1. The Kier molecular flexibility index (Phi) is 6.00. The highest BCUT2D eigenvalue weighted by Crippen LogP contribution is 2.21. The van der Waals surface area contributed by atoms with Crippen LogP contribution in [0.25, 0.3) is 0 Å². The van der Waals surface area contributed by atoms with E-state index in [0.29, 0.717) is 13.0 Å². The lowest BCUT2D eigenvalue weighted by molar-refractivity contribution is -0.384. The molecule has 9 nitrogen and oxygen atoms in total. The van der Waals surface area contributed by atoms with E-state index in [1.165, 1.54) is 0 Å². The smallest absolute Gasteiger partial charge is 0.312 e. The van der Waals surface area contributed by atoms with Gasteiger partial charge in [0.15, 0.2) is 0 Å². The summed E-state index contributed by atoms with van der Waals surface area (Å²) in [7, 11) is -3.86. The van der Waals surface area contributed by atoms with Crippen molar-refractivity contribution in [3.05, 3.63) is 22.4 Å². The number of nitrogens with two attached hydrogens (primary N) is 1. The number of nitro groups is 1. The largest absolute Gasteiger partial charge is 0.379 e. The molecule has 0 radical (unpaired) electrons. The number of aromatic nitrogens is 1. The highest BCUT2D eigenvalue weighted by Gasteiger charge is 2.20. The van der Waals surface area contributed by atoms with Crippen LogP contribution < -0.4 is 10.5 Å². The molecule has 0 atom stereocenters. The summed E-state index contributed by atoms with van der Waals surface area (Å²) in [5, 5.41) is 10.7. The van der Waals surface area contributed by atoms with Crippen molar-refractivity contribution < 1.29 is 18.1 Å². The van der Waals surface area contributed by atoms with Crippen molar-refractivity contribution in [2.75, 3.05) is 18.9 Å². The fourth-order valence-corrected chi connectivity index (χ4v) is 2.46. The number of sulfonamides is 1. The third-order valence-electron chi connectivity index (χ3n) is 2.44. The van der Waals surface area contributed by atoms with Gasteiger partial charge in [-0.2, -0.15) is 0 Å². The van der Waals surface area contributed by atoms with Crippen LogP contribution in [0.5, 0.6) is 0 Å². The molecule has 1 aromatic rings. The molecule has 1 rings (SSSR count). The standard InChI is InChI=1S/C11H18N4O5S/c1-8(2)20-5-3-4-14-21(18,19)9-6-10(15(16)17)11(12)13-7-9/h6-8,14H,3-5H2,1-2H3,(H2,12,13). The summed E-state index contributed by atoms with van der Waals surface area (Å²) in [6.45, 7) is 4.33. The highest BCUT2D eigenvalue weighted by atomic mass is 32.2. The van der Waals surface area contributed by atoms with Gasteiger partial charge in [0.2, 0.25) is 15.8 Å². The second-order valence-corrected chi connectivity index (χ2v) is 6.27. The maximum Gasteiger partial charge on any atom is 0.312 e. The van der Waals surface area contributed by atoms with E-state index in [2.05, 4.69) is 9.71 Å². The van der Waals surface area contributed by atoms with Crippen LogP contribution in [-0.2, 0) is 14.8 Å². The summed E-state index contributed by atoms with van der Waals surface area (Å²) in [6, 6.07) is 0.884. The Bertz CT molecular complexity index is 603. The fourth-order valence-electron chi connectivity index (χ4n) is 1.42. The van der Waals surface area contributed by atoms with Crippen molar-refractivity contribution in [1.29, 1.82) is 0 Å². The van der Waals surface area contributed by atoms with Crippen LogP contribution in [0, 0.1) is 10.1 Å². The number of anilines is 1. The minimum absolute atomic E-state index is 0.0746. The van der Waals surface area contributed by atoms with Crippen LogP contribution in [0.3, 0.4) is 0 Å². The van der Waals surface area contributed by atoms with Crippen LogP contribution in [0.2, 0.25) is 0 Å². The summed E-state index contributed by atoms with van der Waals surface area (Å²) in [4.78, 5) is 13.2. The third kappa shape index (κ3) is 5.25. The molecule has 21 heavy (non-hydrogen) atoms. The van der Waals surface area contributed by atoms with Gasteiger partial charge in [-0.1, -0.05) is 0 Å². The predicted molar refractivity (Wildman–Crippen MR) is 76.2 cm³/mol. The van der Waals surface area contributed by atoms with Gasteiger partial charge >= 0.3 is 5.69 Å². The fraction of sp³-hybridized carbons (Fsp3) is 0.545. The van der Waals surface area contributed by atoms with Gasteiger partial charge in [-0.25, -0.2) is 18.1 Å². The molecular formula is C11H18N4O5S. The maximum atomic E-state index is 12.0. The van der Waals surface area contributed by atoms with E-state index in [1.807, 2.05) is 13.8 Å². The molecule has 0 aromatic carbocycles. The first-order valence-corrected chi connectivity index (χ1v) is 7.73. The van der Waals surface area contributed by atoms with Gasteiger partial charge in [-0.3, -0.25) is 10.1 Å². The Morgan fingerprint density at radius 2 is 2.19 bits per heavy atom. The van der Waals surface area contributed by atoms with Crippen LogP contribution in [0.4, 0.5) is 11.5 Å². The molecule has 0 aliphatic rings. The van der Waals surface area contributed by atoms with Crippen molar-refractivity contribution in [2.45, 2.75) is 31.3 Å². The molecule has 118 valence electrons. The Labute approximate surface area is 122 Å². The first-order chi connectivity index (χ1) is 9.74. The van der Waals surface area contributed by atoms with E-state index in [1.54, 1.807) is 0 Å². The number of hydrogen-bond donors (Lipinski definition) is 2. The molecule has 0 aliphatic heterocycles. The molecule has 0 amide bonds. The zero-order valence-electron chi connectivity index (χ0n) is 11.8. The van der Waals surface area contributed by atoms with Gasteiger partial charge < -0.3 is 10.5 Å². The number of nitrogens with one attached hydrogen (secondary N) is 1. The van der Waals surface area contributed by atoms with E-state index in [0.717, 1.165) is 12.3 Å². The molecule has 0 fully saturated rings. The van der Waals surface area contributed by atoms with Crippen molar-refractivity contribution in [3.8, 4) is 0 Å². The molecule has 0 aliphatic carbocycles. The van der Waals surface area contributed by atoms with Gasteiger partial charge in [-0.05, 0) is 20.3 Å². The monoisotopic (exact) mass is 318 g/mol. The van der Waals surface area contributed by atoms with E-state index in [-0.39, 0.29) is 23.4 Å². The molecule has 1 aromatic heterocycles. The average Bonchev–Trinajstić information content (AvgIpc) is 2.37. The number of nitrogens with zero attached hydrogens (tertiary/aromatic N) is 2. The first kappa shape index (κ1) is 17.3. The molecule has 0 saturated carbocycles. The van der Waals surface area contributed by atoms with E-state index >= 15 is 0 Å². The SMILES string of the molecule is CC(C)OCCCNS(=O)(=O)c1cnc(N)c([N+](=O)[O-])c1. The number of rotatable bonds is 8. The molecule has 3 N–H and O–H groups in total. The van der Waals surface area contributed by atoms with E-state index < -0.39 is 20.6 Å². The topological polar surface area (TPSA) is 137 Å². The second kappa shape index (κ2) is 7.29. The van der Waals surface area contributed by atoms with Crippen molar-refractivity contribution in [2.24, 2.45) is 0 Å². The number of pyridine rings is 1. The van der Waals surface area contributed by atoms with Gasteiger partial charge in [-0.15, -0.1) is 0 Å². The Balaban J connectivity index is 2.70. The van der Waals surface area contributed by atoms with Crippen molar-refractivity contribution in [1.82, 2.24) is 9.71 Å². The average molecular weight is 318 g/mol. The maximum absolute atomic E-state index is 12.0. The molecular weight excluding hydrogens is 300 g/mol. The Morgan fingerprint density at radius 3 is 2.76 bits per heavy atom. The Morgan fingerprint density at radius 1 is 1.52 bits per heavy atom. The van der Waals surface area contributed by atoms with E-state index in [9.17, 15) is 18.5 Å². The summed E-state index contributed by atoms with van der Waals surface area (Å²) in [5.41, 5.74) is 4.78. The zero-order chi connectivity index (χ0) is 16.0. The summed E-state index contributed by atoms with van der Waals surface area (Å²) in [5.74, 6) is -0.329. The molecule has 0 bridgehead atoms. The summed E-state index contributed by atoms with van der Waals surface area (Å²) >= 11 is 0. The molecule has 0 unspecified atom stereocenters. The summed E-state index contributed by atoms with van der Waals surface area (Å²) < 4.78 is 31.5. The highest BCUT2D eigenvalue weighted by molar-refractivity contribution is 7.89. The molecule has 0 saturated heterocycles. The number of ether oxygens (including phenoxy) is 1.